The van der Waals surface area contributed by atoms with Crippen molar-refractivity contribution in [3.8, 4) is 11.5 Å². The third kappa shape index (κ3) is 7.63. The first kappa shape index (κ1) is 24.3. The first-order valence-corrected chi connectivity index (χ1v) is 10.9. The van der Waals surface area contributed by atoms with Gasteiger partial charge in [0.25, 0.3) is 5.91 Å². The molecule has 1 atom stereocenters. The van der Waals surface area contributed by atoms with Crippen molar-refractivity contribution < 1.29 is 19.1 Å². The van der Waals surface area contributed by atoms with E-state index in [4.69, 9.17) is 9.47 Å². The number of methoxy groups -OCH3 is 1. The van der Waals surface area contributed by atoms with E-state index in [-0.39, 0.29) is 18.4 Å². The second-order valence-electron chi connectivity index (χ2n) is 7.48. The highest BCUT2D eigenvalue weighted by atomic mass is 16.5. The van der Waals surface area contributed by atoms with E-state index >= 15 is 0 Å². The number of aryl methyl sites for hydroxylation is 1. The Hall–Kier alpha value is -3.02. The van der Waals surface area contributed by atoms with Gasteiger partial charge in [-0.2, -0.15) is 0 Å². The van der Waals surface area contributed by atoms with E-state index in [1.165, 1.54) is 5.56 Å². The van der Waals surface area contributed by atoms with Crippen molar-refractivity contribution in [1.82, 2.24) is 10.2 Å². The molecule has 31 heavy (non-hydrogen) atoms. The molecule has 6 heteroatoms. The van der Waals surface area contributed by atoms with Crippen molar-refractivity contribution in [1.29, 1.82) is 0 Å². The zero-order valence-electron chi connectivity index (χ0n) is 19.0. The first-order valence-electron chi connectivity index (χ1n) is 10.9. The van der Waals surface area contributed by atoms with Gasteiger partial charge in [0.05, 0.1) is 7.11 Å². The van der Waals surface area contributed by atoms with Crippen molar-refractivity contribution in [2.45, 2.75) is 52.6 Å². The van der Waals surface area contributed by atoms with Gasteiger partial charge in [-0.05, 0) is 55.2 Å². The topological polar surface area (TPSA) is 67.9 Å². The fourth-order valence-electron chi connectivity index (χ4n) is 3.10. The van der Waals surface area contributed by atoms with Crippen LogP contribution in [0.25, 0.3) is 0 Å². The Balaban J connectivity index is 2.09. The molecule has 0 aliphatic rings. The highest BCUT2D eigenvalue weighted by Gasteiger charge is 2.26. The van der Waals surface area contributed by atoms with Crippen LogP contribution in [0.15, 0.2) is 48.5 Å². The molecule has 0 aromatic heterocycles. The molecular weight excluding hydrogens is 392 g/mol. The number of carbonyl (C=O) groups is 2. The quantitative estimate of drug-likeness (QED) is 0.522. The van der Waals surface area contributed by atoms with Crippen LogP contribution in [0.2, 0.25) is 0 Å². The maximum absolute atomic E-state index is 13.0. The summed E-state index contributed by atoms with van der Waals surface area (Å²) in [7, 11) is 1.61. The molecule has 2 aromatic rings. The molecule has 2 rings (SSSR count). The van der Waals surface area contributed by atoms with Crippen LogP contribution in [-0.4, -0.2) is 43.0 Å². The van der Waals surface area contributed by atoms with Gasteiger partial charge < -0.3 is 19.7 Å². The van der Waals surface area contributed by atoms with Gasteiger partial charge in [0.15, 0.2) is 6.61 Å². The molecule has 2 aromatic carbocycles. The second-order valence-corrected chi connectivity index (χ2v) is 7.48. The Morgan fingerprint density at radius 3 is 2.16 bits per heavy atom. The highest BCUT2D eigenvalue weighted by molar-refractivity contribution is 5.87. The van der Waals surface area contributed by atoms with Gasteiger partial charge in [0.2, 0.25) is 5.91 Å². The summed E-state index contributed by atoms with van der Waals surface area (Å²) in [6.45, 7) is 6.68. The van der Waals surface area contributed by atoms with Crippen LogP contribution in [0.1, 0.15) is 44.7 Å². The summed E-state index contributed by atoms with van der Waals surface area (Å²) >= 11 is 0. The Morgan fingerprint density at radius 1 is 0.968 bits per heavy atom. The SMILES string of the molecule is CCCCNC(=O)[C@H](C)N(Cc1ccc(OC)cc1)C(=O)COc1ccc(CC)cc1. The molecule has 6 nitrogen and oxygen atoms in total. The minimum atomic E-state index is -0.613. The Bertz CT molecular complexity index is 818. The maximum atomic E-state index is 13.0. The molecular formula is C25H34N2O4. The van der Waals surface area contributed by atoms with E-state index < -0.39 is 6.04 Å². The fourth-order valence-corrected chi connectivity index (χ4v) is 3.10. The normalized spacial score (nSPS) is 11.5. The maximum Gasteiger partial charge on any atom is 0.261 e. The van der Waals surface area contributed by atoms with Crippen LogP contribution in [0.3, 0.4) is 0 Å². The number of unbranched alkanes of at least 4 members (excludes halogenated alkanes) is 1. The highest BCUT2D eigenvalue weighted by Crippen LogP contribution is 2.16. The molecule has 0 saturated heterocycles. The lowest BCUT2D eigenvalue weighted by molar-refractivity contribution is -0.142. The molecule has 2 amide bonds. The largest absolute Gasteiger partial charge is 0.497 e. The lowest BCUT2D eigenvalue weighted by atomic mass is 10.1. The lowest BCUT2D eigenvalue weighted by Gasteiger charge is -2.28. The van der Waals surface area contributed by atoms with Crippen molar-refractivity contribution in [2.24, 2.45) is 0 Å². The van der Waals surface area contributed by atoms with E-state index in [9.17, 15) is 9.59 Å². The minimum Gasteiger partial charge on any atom is -0.497 e. The zero-order valence-corrected chi connectivity index (χ0v) is 19.0. The molecule has 0 spiro atoms. The minimum absolute atomic E-state index is 0.131. The number of ether oxygens (including phenoxy) is 2. The smallest absolute Gasteiger partial charge is 0.261 e. The summed E-state index contributed by atoms with van der Waals surface area (Å²) in [5.41, 5.74) is 2.12. The predicted octanol–water partition coefficient (Wildman–Crippen LogP) is 3.97. The number of carbonyl (C=O) groups excluding carboxylic acids is 2. The molecule has 1 N–H and O–H groups in total. The van der Waals surface area contributed by atoms with E-state index in [1.54, 1.807) is 18.9 Å². The van der Waals surface area contributed by atoms with Crippen molar-refractivity contribution in [3.63, 3.8) is 0 Å². The summed E-state index contributed by atoms with van der Waals surface area (Å²) in [6.07, 6.45) is 2.84. The van der Waals surface area contributed by atoms with Crippen LogP contribution < -0.4 is 14.8 Å². The summed E-state index contributed by atoms with van der Waals surface area (Å²) in [5, 5.41) is 2.92. The first-order chi connectivity index (χ1) is 15.0. The van der Waals surface area contributed by atoms with Crippen LogP contribution >= 0.6 is 0 Å². The number of hydrogen-bond acceptors (Lipinski definition) is 4. The number of nitrogens with one attached hydrogen (secondary N) is 1. The molecule has 0 bridgehead atoms. The number of benzene rings is 2. The summed E-state index contributed by atoms with van der Waals surface area (Å²) in [6, 6.07) is 14.6. The average molecular weight is 427 g/mol. The van der Waals surface area contributed by atoms with Gasteiger partial charge >= 0.3 is 0 Å². The summed E-state index contributed by atoms with van der Waals surface area (Å²) in [5.74, 6) is 0.969. The molecule has 168 valence electrons. The number of amides is 2. The monoisotopic (exact) mass is 426 g/mol. The second kappa shape index (κ2) is 12.6. The fraction of sp³-hybridized carbons (Fsp3) is 0.440. The predicted molar refractivity (Wildman–Crippen MR) is 122 cm³/mol. The molecule has 0 aliphatic heterocycles. The van der Waals surface area contributed by atoms with E-state index in [1.807, 2.05) is 48.5 Å². The van der Waals surface area contributed by atoms with Gasteiger partial charge in [-0.15, -0.1) is 0 Å². The zero-order chi connectivity index (χ0) is 22.6. The van der Waals surface area contributed by atoms with Crippen molar-refractivity contribution in [2.75, 3.05) is 20.3 Å². The van der Waals surface area contributed by atoms with E-state index in [0.717, 1.165) is 30.6 Å². The Labute approximate surface area is 185 Å². The van der Waals surface area contributed by atoms with Crippen molar-refractivity contribution in [3.05, 3.63) is 59.7 Å². The molecule has 0 radical (unpaired) electrons. The van der Waals surface area contributed by atoms with Gasteiger partial charge in [0.1, 0.15) is 17.5 Å². The van der Waals surface area contributed by atoms with Crippen LogP contribution in [0.5, 0.6) is 11.5 Å². The molecule has 0 fully saturated rings. The third-order valence-corrected chi connectivity index (χ3v) is 5.20. The van der Waals surface area contributed by atoms with Gasteiger partial charge in [-0.3, -0.25) is 9.59 Å². The van der Waals surface area contributed by atoms with Crippen LogP contribution in [0, 0.1) is 0 Å². The molecule has 0 heterocycles. The third-order valence-electron chi connectivity index (χ3n) is 5.20. The average Bonchev–Trinajstić information content (AvgIpc) is 2.81. The van der Waals surface area contributed by atoms with E-state index in [2.05, 4.69) is 19.2 Å². The molecule has 0 saturated carbocycles. The van der Waals surface area contributed by atoms with Crippen molar-refractivity contribution >= 4 is 11.8 Å². The molecule has 0 aliphatic carbocycles. The lowest BCUT2D eigenvalue weighted by Crippen LogP contribution is -2.49. The number of nitrogens with zero attached hydrogens (tertiary/aromatic N) is 1. The Kier molecular flexibility index (Phi) is 9.88. The van der Waals surface area contributed by atoms with Crippen LogP contribution in [-0.2, 0) is 22.6 Å². The van der Waals surface area contributed by atoms with Gasteiger partial charge in [0, 0.05) is 13.1 Å². The number of rotatable bonds is 12. The van der Waals surface area contributed by atoms with E-state index in [0.29, 0.717) is 18.8 Å². The summed E-state index contributed by atoms with van der Waals surface area (Å²) in [4.78, 5) is 27.2. The van der Waals surface area contributed by atoms with Gasteiger partial charge in [-0.1, -0.05) is 44.5 Å². The Morgan fingerprint density at radius 2 is 1.58 bits per heavy atom. The molecule has 0 unspecified atom stereocenters. The van der Waals surface area contributed by atoms with Crippen LogP contribution in [0.4, 0.5) is 0 Å². The van der Waals surface area contributed by atoms with Gasteiger partial charge in [-0.25, -0.2) is 0 Å². The standard InChI is InChI=1S/C25H34N2O4/c1-5-7-16-26-25(29)19(3)27(17-21-10-12-22(30-4)13-11-21)24(28)18-31-23-14-8-20(6-2)9-15-23/h8-15,19H,5-7,16-18H2,1-4H3,(H,26,29)/t19-/m0/s1. The number of hydrogen-bond donors (Lipinski definition) is 1. The summed E-state index contributed by atoms with van der Waals surface area (Å²) < 4.78 is 10.9.